The Morgan fingerprint density at radius 1 is 1.11 bits per heavy atom. The Labute approximate surface area is 216 Å². The van der Waals surface area contributed by atoms with Crippen LogP contribution >= 0.6 is 0 Å². The highest BCUT2D eigenvalue weighted by Gasteiger charge is 2.41. The molecule has 2 aliphatic rings. The van der Waals surface area contributed by atoms with Crippen molar-refractivity contribution in [3.05, 3.63) is 71.4 Å². The molecule has 8 heteroatoms. The summed E-state index contributed by atoms with van der Waals surface area (Å²) in [5, 5.41) is 5.95. The number of ether oxygens (including phenoxy) is 1. The molecule has 0 spiro atoms. The first-order valence-corrected chi connectivity index (χ1v) is 12.8. The van der Waals surface area contributed by atoms with Crippen molar-refractivity contribution in [1.82, 2.24) is 20.5 Å². The van der Waals surface area contributed by atoms with Crippen LogP contribution in [0.3, 0.4) is 0 Å². The highest BCUT2D eigenvalue weighted by atomic mass is 16.5. The molecule has 2 N–H and O–H groups in total. The van der Waals surface area contributed by atoms with Gasteiger partial charge in [-0.1, -0.05) is 30.3 Å². The monoisotopic (exact) mass is 500 g/mol. The van der Waals surface area contributed by atoms with Crippen LogP contribution in [0.2, 0.25) is 0 Å². The molecule has 0 bridgehead atoms. The smallest absolute Gasteiger partial charge is 0.322 e. The second kappa shape index (κ2) is 10.2. The Hall–Kier alpha value is -3.94. The van der Waals surface area contributed by atoms with Gasteiger partial charge in [0, 0.05) is 29.7 Å². The average molecular weight is 501 g/mol. The summed E-state index contributed by atoms with van der Waals surface area (Å²) in [6.07, 6.45) is 2.86. The maximum Gasteiger partial charge on any atom is 0.322 e. The summed E-state index contributed by atoms with van der Waals surface area (Å²) in [7, 11) is 0. The second-order valence-electron chi connectivity index (χ2n) is 10.1. The number of hydrogen-bond donors (Lipinski definition) is 2. The second-order valence-corrected chi connectivity index (χ2v) is 10.1. The maximum absolute atomic E-state index is 13.5. The van der Waals surface area contributed by atoms with Gasteiger partial charge >= 0.3 is 6.03 Å². The number of likely N-dealkylation sites (tertiary alicyclic amines) is 1. The number of imide groups is 1. The van der Waals surface area contributed by atoms with Gasteiger partial charge < -0.3 is 15.0 Å². The summed E-state index contributed by atoms with van der Waals surface area (Å²) in [4.78, 5) is 43.0. The molecule has 2 aromatic carbocycles. The summed E-state index contributed by atoms with van der Waals surface area (Å²) < 4.78 is 6.11. The van der Waals surface area contributed by atoms with Crippen LogP contribution in [0.1, 0.15) is 49.4 Å². The normalized spacial score (nSPS) is 21.7. The molecule has 2 saturated heterocycles. The van der Waals surface area contributed by atoms with E-state index in [9.17, 15) is 14.4 Å². The zero-order valence-corrected chi connectivity index (χ0v) is 21.3. The number of carbonyl (C=O) groups is 3. The van der Waals surface area contributed by atoms with Crippen molar-refractivity contribution in [1.29, 1.82) is 0 Å². The SMILES string of the molecule is Cc1cc(COc2ccc(C3(C)CCCN(CCCC4NC(=O)NC4=O)C3=O)cc2)c2ccccc2n1. The number of aromatic nitrogens is 1. The Morgan fingerprint density at radius 2 is 1.89 bits per heavy atom. The van der Waals surface area contributed by atoms with Gasteiger partial charge in [0.25, 0.3) is 5.91 Å². The largest absolute Gasteiger partial charge is 0.489 e. The molecule has 8 nitrogen and oxygen atoms in total. The first-order valence-electron chi connectivity index (χ1n) is 12.8. The number of para-hydroxylation sites is 1. The maximum atomic E-state index is 13.5. The fourth-order valence-corrected chi connectivity index (χ4v) is 5.40. The zero-order chi connectivity index (χ0) is 26.0. The minimum Gasteiger partial charge on any atom is -0.489 e. The molecule has 0 saturated carbocycles. The number of rotatable bonds is 8. The Bertz CT molecular complexity index is 1340. The number of nitrogens with one attached hydrogen (secondary N) is 2. The van der Waals surface area contributed by atoms with E-state index in [0.717, 1.165) is 46.3 Å². The Morgan fingerprint density at radius 3 is 2.65 bits per heavy atom. The van der Waals surface area contributed by atoms with Crippen LogP contribution in [0.25, 0.3) is 10.9 Å². The van der Waals surface area contributed by atoms with Gasteiger partial charge in [0.2, 0.25) is 5.91 Å². The number of hydrogen-bond acceptors (Lipinski definition) is 5. The van der Waals surface area contributed by atoms with Gasteiger partial charge in [-0.25, -0.2) is 4.79 Å². The number of nitrogens with zero attached hydrogens (tertiary/aromatic N) is 2. The van der Waals surface area contributed by atoms with Crippen molar-refractivity contribution < 1.29 is 19.1 Å². The van der Waals surface area contributed by atoms with E-state index in [2.05, 4.69) is 27.8 Å². The molecule has 37 heavy (non-hydrogen) atoms. The summed E-state index contributed by atoms with van der Waals surface area (Å²) in [6, 6.07) is 17.0. The fourth-order valence-electron chi connectivity index (χ4n) is 5.40. The predicted molar refractivity (Wildman–Crippen MR) is 140 cm³/mol. The standard InChI is InChI=1S/C29H32N4O4/c1-19-17-20(23-7-3-4-8-24(23)30-19)18-37-22-12-10-21(11-13-22)29(2)14-6-16-33(27(29)35)15-5-9-25-26(34)32-28(36)31-25/h3-4,7-8,10-13,17,25H,5-6,9,14-16,18H2,1-2H3,(H2,31,32,34,36). The van der Waals surface area contributed by atoms with Gasteiger partial charge in [-0.2, -0.15) is 0 Å². The summed E-state index contributed by atoms with van der Waals surface area (Å²) in [5.41, 5.74) is 3.38. The van der Waals surface area contributed by atoms with Crippen molar-refractivity contribution in [3.8, 4) is 5.75 Å². The van der Waals surface area contributed by atoms with E-state index < -0.39 is 17.5 Å². The summed E-state index contributed by atoms with van der Waals surface area (Å²) in [5.74, 6) is 0.559. The average Bonchev–Trinajstić information content (AvgIpc) is 3.21. The number of urea groups is 1. The zero-order valence-electron chi connectivity index (χ0n) is 21.3. The van der Waals surface area contributed by atoms with Crippen LogP contribution in [0.15, 0.2) is 54.6 Å². The van der Waals surface area contributed by atoms with Gasteiger partial charge in [0.15, 0.2) is 0 Å². The van der Waals surface area contributed by atoms with Crippen LogP contribution in [-0.2, 0) is 21.6 Å². The first-order chi connectivity index (χ1) is 17.8. The third kappa shape index (κ3) is 5.14. The lowest BCUT2D eigenvalue weighted by Gasteiger charge is -2.40. The third-order valence-corrected chi connectivity index (χ3v) is 7.46. The van der Waals surface area contributed by atoms with E-state index in [0.29, 0.717) is 32.5 Å². The topological polar surface area (TPSA) is 101 Å². The van der Waals surface area contributed by atoms with Crippen molar-refractivity contribution in [2.45, 2.75) is 57.6 Å². The molecule has 192 valence electrons. The van der Waals surface area contributed by atoms with Gasteiger partial charge in [0.1, 0.15) is 18.4 Å². The molecule has 2 unspecified atom stereocenters. The van der Waals surface area contributed by atoms with E-state index in [1.807, 2.05) is 61.2 Å². The highest BCUT2D eigenvalue weighted by Crippen LogP contribution is 2.36. The fraction of sp³-hybridized carbons (Fsp3) is 0.379. The van der Waals surface area contributed by atoms with Crippen molar-refractivity contribution in [3.63, 3.8) is 0 Å². The van der Waals surface area contributed by atoms with Crippen LogP contribution in [0, 0.1) is 6.92 Å². The summed E-state index contributed by atoms with van der Waals surface area (Å²) >= 11 is 0. The van der Waals surface area contributed by atoms with Crippen molar-refractivity contribution in [2.75, 3.05) is 13.1 Å². The molecule has 3 heterocycles. The Balaban J connectivity index is 1.21. The van der Waals surface area contributed by atoms with Crippen LogP contribution in [-0.4, -0.2) is 46.9 Å². The minimum absolute atomic E-state index is 0.103. The lowest BCUT2D eigenvalue weighted by atomic mass is 9.75. The number of pyridine rings is 1. The van der Waals surface area contributed by atoms with Crippen LogP contribution < -0.4 is 15.4 Å². The molecule has 5 rings (SSSR count). The molecule has 2 atom stereocenters. The highest BCUT2D eigenvalue weighted by molar-refractivity contribution is 6.04. The van der Waals surface area contributed by atoms with Gasteiger partial charge in [-0.15, -0.1) is 0 Å². The predicted octanol–water partition coefficient (Wildman–Crippen LogP) is 3.99. The number of piperidine rings is 1. The van der Waals surface area contributed by atoms with E-state index in [4.69, 9.17) is 4.74 Å². The molecule has 3 aromatic rings. The lowest BCUT2D eigenvalue weighted by Crippen LogP contribution is -2.50. The van der Waals surface area contributed by atoms with Crippen molar-refractivity contribution >= 4 is 28.7 Å². The molecule has 1 aromatic heterocycles. The molecule has 0 radical (unpaired) electrons. The molecular formula is C29H32N4O4. The van der Waals surface area contributed by atoms with E-state index in [1.54, 1.807) is 0 Å². The number of carbonyl (C=O) groups excluding carboxylic acids is 3. The molecule has 2 fully saturated rings. The molecule has 2 aliphatic heterocycles. The first kappa shape index (κ1) is 24.7. The van der Waals surface area contributed by atoms with Gasteiger partial charge in [-0.05, 0) is 69.4 Å². The van der Waals surface area contributed by atoms with Crippen molar-refractivity contribution in [2.24, 2.45) is 0 Å². The molecule has 0 aliphatic carbocycles. The van der Waals surface area contributed by atoms with Crippen LogP contribution in [0.4, 0.5) is 4.79 Å². The lowest BCUT2D eigenvalue weighted by molar-refractivity contribution is -0.140. The minimum atomic E-state index is -0.603. The van der Waals surface area contributed by atoms with Gasteiger partial charge in [-0.3, -0.25) is 19.9 Å². The number of amides is 4. The number of fused-ring (bicyclic) bond motifs is 1. The van der Waals surface area contributed by atoms with E-state index in [1.165, 1.54) is 0 Å². The van der Waals surface area contributed by atoms with Crippen LogP contribution in [0.5, 0.6) is 5.75 Å². The third-order valence-electron chi connectivity index (χ3n) is 7.46. The quantitative estimate of drug-likeness (QED) is 0.456. The molecular weight excluding hydrogens is 468 g/mol. The van der Waals surface area contributed by atoms with Gasteiger partial charge in [0.05, 0.1) is 10.9 Å². The van der Waals surface area contributed by atoms with E-state index in [-0.39, 0.29) is 11.8 Å². The Kier molecular flexibility index (Phi) is 6.82. The number of aryl methyl sites for hydroxylation is 1. The summed E-state index contributed by atoms with van der Waals surface area (Å²) in [6.45, 7) is 5.70. The molecule has 4 amide bonds. The van der Waals surface area contributed by atoms with E-state index >= 15 is 0 Å². The number of benzene rings is 2.